The van der Waals surface area contributed by atoms with Crippen LogP contribution in [0.5, 0.6) is 0 Å². The Hall–Kier alpha value is -2.39. The van der Waals surface area contributed by atoms with E-state index >= 15 is 0 Å². The van der Waals surface area contributed by atoms with Gasteiger partial charge in [0.2, 0.25) is 5.91 Å². The number of piperidine rings is 2. The molecule has 0 aromatic carbocycles. The summed E-state index contributed by atoms with van der Waals surface area (Å²) >= 11 is 0. The van der Waals surface area contributed by atoms with E-state index in [4.69, 9.17) is 0 Å². The lowest BCUT2D eigenvalue weighted by atomic mass is 9.62. The second-order valence-corrected chi connectivity index (χ2v) is 8.88. The minimum absolute atomic E-state index is 0.00359. The predicted octanol–water partition coefficient (Wildman–Crippen LogP) is 1.40. The quantitative estimate of drug-likeness (QED) is 0.788. The molecule has 3 aliphatic rings. The SMILES string of the molecule is O=C([C@@H]1C[C@@H](O)C2(CCC2)CN1)N1CCC(c2nccc(-n3cc(F)cn3)n2)CC1. The van der Waals surface area contributed by atoms with Gasteiger partial charge >= 0.3 is 0 Å². The standard InChI is InChI=1S/C21H27FN6O2/c22-15-11-25-28(12-15)18-2-7-23-19(26-18)14-3-8-27(9-4-14)20(30)16-10-17(29)21(13-24-16)5-1-6-21/h2,7,11-12,14,16-17,24,29H,1,3-6,8-10,13H2/t16-,17+/m0/s1. The zero-order chi connectivity index (χ0) is 20.7. The van der Waals surface area contributed by atoms with Crippen LogP contribution in [0.25, 0.3) is 5.82 Å². The number of rotatable bonds is 3. The fourth-order valence-electron chi connectivity index (χ4n) is 5.02. The molecule has 3 fully saturated rings. The fourth-order valence-corrected chi connectivity index (χ4v) is 5.02. The molecule has 2 aromatic rings. The number of nitrogens with one attached hydrogen (secondary N) is 1. The summed E-state index contributed by atoms with van der Waals surface area (Å²) in [4.78, 5) is 23.8. The molecule has 1 saturated carbocycles. The minimum atomic E-state index is -0.411. The molecule has 0 unspecified atom stereocenters. The van der Waals surface area contributed by atoms with Crippen LogP contribution in [0.1, 0.15) is 50.3 Å². The maximum absolute atomic E-state index is 13.2. The van der Waals surface area contributed by atoms with Gasteiger partial charge in [-0.15, -0.1) is 0 Å². The Labute approximate surface area is 174 Å². The topological polar surface area (TPSA) is 96.2 Å². The second kappa shape index (κ2) is 7.70. The molecule has 2 N–H and O–H groups in total. The Bertz CT molecular complexity index is 922. The molecule has 1 amide bonds. The Kier molecular flexibility index (Phi) is 5.02. The molecule has 5 rings (SSSR count). The third-order valence-electron chi connectivity index (χ3n) is 7.13. The van der Waals surface area contributed by atoms with Crippen molar-refractivity contribution in [3.05, 3.63) is 36.3 Å². The highest BCUT2D eigenvalue weighted by Crippen LogP contribution is 2.46. The van der Waals surface area contributed by atoms with Gasteiger partial charge in [0.25, 0.3) is 0 Å². The van der Waals surface area contributed by atoms with E-state index in [1.807, 2.05) is 4.90 Å². The van der Waals surface area contributed by atoms with Gasteiger partial charge in [-0.3, -0.25) is 4.79 Å². The summed E-state index contributed by atoms with van der Waals surface area (Å²) in [6.45, 7) is 2.02. The predicted molar refractivity (Wildman–Crippen MR) is 106 cm³/mol. The molecule has 1 aliphatic carbocycles. The lowest BCUT2D eigenvalue weighted by Crippen LogP contribution is -2.61. The number of aromatic nitrogens is 4. The van der Waals surface area contributed by atoms with E-state index in [1.54, 1.807) is 12.3 Å². The summed E-state index contributed by atoms with van der Waals surface area (Å²) in [6.07, 6.45) is 9.05. The highest BCUT2D eigenvalue weighted by Gasteiger charge is 2.48. The number of aliphatic hydroxyl groups excluding tert-OH is 1. The van der Waals surface area contributed by atoms with Crippen LogP contribution in [0.15, 0.2) is 24.7 Å². The zero-order valence-corrected chi connectivity index (χ0v) is 16.9. The molecule has 30 heavy (non-hydrogen) atoms. The Morgan fingerprint density at radius 2 is 2.10 bits per heavy atom. The van der Waals surface area contributed by atoms with Gasteiger partial charge in [-0.2, -0.15) is 5.10 Å². The Balaban J connectivity index is 1.19. The lowest BCUT2D eigenvalue weighted by Gasteiger charge is -2.50. The van der Waals surface area contributed by atoms with Gasteiger partial charge in [-0.25, -0.2) is 19.0 Å². The van der Waals surface area contributed by atoms with Gasteiger partial charge in [0.05, 0.1) is 24.5 Å². The Morgan fingerprint density at radius 3 is 2.73 bits per heavy atom. The van der Waals surface area contributed by atoms with Crippen LogP contribution < -0.4 is 5.32 Å². The summed E-state index contributed by atoms with van der Waals surface area (Å²) in [5.41, 5.74) is 0.00359. The van der Waals surface area contributed by atoms with Crippen LogP contribution in [0, 0.1) is 11.2 Å². The minimum Gasteiger partial charge on any atom is -0.392 e. The van der Waals surface area contributed by atoms with Crippen molar-refractivity contribution in [2.45, 2.75) is 56.6 Å². The van der Waals surface area contributed by atoms with Gasteiger partial charge in [-0.05, 0) is 32.1 Å². The first-order valence-corrected chi connectivity index (χ1v) is 10.8. The van der Waals surface area contributed by atoms with E-state index in [9.17, 15) is 14.3 Å². The first-order valence-electron chi connectivity index (χ1n) is 10.8. The van der Waals surface area contributed by atoms with Crippen LogP contribution in [0.3, 0.4) is 0 Å². The first-order chi connectivity index (χ1) is 14.5. The maximum Gasteiger partial charge on any atom is 0.239 e. The van der Waals surface area contributed by atoms with E-state index in [1.165, 1.54) is 17.3 Å². The van der Waals surface area contributed by atoms with E-state index in [-0.39, 0.29) is 29.4 Å². The number of carbonyl (C=O) groups is 1. The molecular weight excluding hydrogens is 387 g/mol. The molecule has 2 atom stereocenters. The van der Waals surface area contributed by atoms with Gasteiger partial charge in [0, 0.05) is 43.2 Å². The van der Waals surface area contributed by atoms with Gasteiger partial charge in [0.15, 0.2) is 11.6 Å². The van der Waals surface area contributed by atoms with Crippen molar-refractivity contribution < 1.29 is 14.3 Å². The summed E-state index contributed by atoms with van der Waals surface area (Å²) in [7, 11) is 0. The number of hydrogen-bond acceptors (Lipinski definition) is 6. The molecule has 2 aliphatic heterocycles. The molecule has 160 valence electrons. The van der Waals surface area contributed by atoms with Gasteiger partial charge in [-0.1, -0.05) is 6.42 Å². The third-order valence-corrected chi connectivity index (χ3v) is 7.13. The van der Waals surface area contributed by atoms with Crippen molar-refractivity contribution in [1.82, 2.24) is 30.0 Å². The van der Waals surface area contributed by atoms with Crippen molar-refractivity contribution in [3.8, 4) is 5.82 Å². The largest absolute Gasteiger partial charge is 0.392 e. The molecule has 0 radical (unpaired) electrons. The highest BCUT2D eigenvalue weighted by atomic mass is 19.1. The van der Waals surface area contributed by atoms with Gasteiger partial charge < -0.3 is 15.3 Å². The van der Waals surface area contributed by atoms with Crippen LogP contribution in [-0.4, -0.2) is 67.4 Å². The highest BCUT2D eigenvalue weighted by molar-refractivity contribution is 5.82. The van der Waals surface area contributed by atoms with E-state index in [2.05, 4.69) is 20.4 Å². The second-order valence-electron chi connectivity index (χ2n) is 8.88. The summed E-state index contributed by atoms with van der Waals surface area (Å²) in [5.74, 6) is 1.06. The van der Waals surface area contributed by atoms with Crippen LogP contribution in [0.2, 0.25) is 0 Å². The molecule has 2 saturated heterocycles. The number of hydrogen-bond donors (Lipinski definition) is 2. The number of likely N-dealkylation sites (tertiary alicyclic amines) is 1. The van der Waals surface area contributed by atoms with Crippen LogP contribution in [-0.2, 0) is 4.79 Å². The average Bonchev–Trinajstić information content (AvgIpc) is 3.18. The smallest absolute Gasteiger partial charge is 0.239 e. The molecule has 9 heteroatoms. The summed E-state index contributed by atoms with van der Waals surface area (Å²) in [6, 6.07) is 1.40. The number of carbonyl (C=O) groups excluding carboxylic acids is 1. The molecular formula is C21H27FN6O2. The molecule has 1 spiro atoms. The number of aliphatic hydroxyl groups is 1. The first kappa shape index (κ1) is 19.6. The normalized spacial score (nSPS) is 26.5. The van der Waals surface area contributed by atoms with E-state index in [0.29, 0.717) is 31.2 Å². The average molecular weight is 414 g/mol. The van der Waals surface area contributed by atoms with Gasteiger partial charge in [0.1, 0.15) is 5.82 Å². The van der Waals surface area contributed by atoms with Crippen molar-refractivity contribution in [2.24, 2.45) is 5.41 Å². The third kappa shape index (κ3) is 3.50. The molecule has 0 bridgehead atoms. The van der Waals surface area contributed by atoms with Crippen molar-refractivity contribution in [3.63, 3.8) is 0 Å². The number of halogens is 1. The van der Waals surface area contributed by atoms with Crippen molar-refractivity contribution in [2.75, 3.05) is 19.6 Å². The van der Waals surface area contributed by atoms with E-state index in [0.717, 1.165) is 38.4 Å². The fraction of sp³-hybridized carbons (Fsp3) is 0.619. The number of amides is 1. The maximum atomic E-state index is 13.2. The van der Waals surface area contributed by atoms with E-state index < -0.39 is 5.82 Å². The van der Waals surface area contributed by atoms with Crippen LogP contribution in [0.4, 0.5) is 4.39 Å². The van der Waals surface area contributed by atoms with Crippen molar-refractivity contribution in [1.29, 1.82) is 0 Å². The lowest BCUT2D eigenvalue weighted by molar-refractivity contribution is -0.140. The monoisotopic (exact) mass is 414 g/mol. The number of nitrogens with zero attached hydrogens (tertiary/aromatic N) is 5. The molecule has 4 heterocycles. The van der Waals surface area contributed by atoms with Crippen molar-refractivity contribution >= 4 is 5.91 Å². The molecule has 2 aromatic heterocycles. The zero-order valence-electron chi connectivity index (χ0n) is 16.9. The van der Waals surface area contributed by atoms with Crippen LogP contribution >= 0.6 is 0 Å². The molecule has 8 nitrogen and oxygen atoms in total. The Morgan fingerprint density at radius 1 is 1.30 bits per heavy atom. The summed E-state index contributed by atoms with van der Waals surface area (Å²) in [5, 5.41) is 17.9. The summed E-state index contributed by atoms with van der Waals surface area (Å²) < 4.78 is 14.6.